The van der Waals surface area contributed by atoms with Crippen molar-refractivity contribution in [3.63, 3.8) is 0 Å². The van der Waals surface area contributed by atoms with Crippen LogP contribution in [0.5, 0.6) is 0 Å². The van der Waals surface area contributed by atoms with Crippen LogP contribution in [0.2, 0.25) is 0 Å². The maximum absolute atomic E-state index is 13.6. The molecule has 0 radical (unpaired) electrons. The van der Waals surface area contributed by atoms with E-state index in [0.717, 1.165) is 25.7 Å². The summed E-state index contributed by atoms with van der Waals surface area (Å²) >= 11 is 0. The molecule has 0 aliphatic carbocycles. The summed E-state index contributed by atoms with van der Waals surface area (Å²) in [6, 6.07) is 3.58. The molecule has 5 heteroatoms. The van der Waals surface area contributed by atoms with Gasteiger partial charge in [0.2, 0.25) is 0 Å². The summed E-state index contributed by atoms with van der Waals surface area (Å²) in [7, 11) is 0. The summed E-state index contributed by atoms with van der Waals surface area (Å²) in [6.45, 7) is 4.59. The van der Waals surface area contributed by atoms with Crippen LogP contribution < -0.4 is 10.6 Å². The number of hydrogen-bond acceptors (Lipinski definition) is 3. The Morgan fingerprint density at radius 2 is 1.82 bits per heavy atom. The van der Waals surface area contributed by atoms with Crippen molar-refractivity contribution in [1.29, 1.82) is 0 Å². The van der Waals surface area contributed by atoms with Crippen molar-refractivity contribution >= 4 is 5.69 Å². The predicted octanol–water partition coefficient (Wildman–Crippen LogP) is 1.05. The Kier molecular flexibility index (Phi) is 3.91. The molecule has 2 N–H and O–H groups in total. The Bertz CT molecular complexity index is 376. The van der Waals surface area contributed by atoms with Crippen molar-refractivity contribution in [2.75, 3.05) is 44.2 Å². The van der Waals surface area contributed by atoms with E-state index in [2.05, 4.69) is 4.90 Å². The Labute approximate surface area is 99.8 Å². The third kappa shape index (κ3) is 2.92. The SMILES string of the molecule is NCCN1CCN(c2cc(F)ccc2F)CC1. The van der Waals surface area contributed by atoms with Gasteiger partial charge in [-0.3, -0.25) is 4.90 Å². The fourth-order valence-corrected chi connectivity index (χ4v) is 2.12. The minimum Gasteiger partial charge on any atom is -0.367 e. The van der Waals surface area contributed by atoms with Crippen LogP contribution >= 0.6 is 0 Å². The van der Waals surface area contributed by atoms with Gasteiger partial charge < -0.3 is 10.6 Å². The molecule has 0 unspecified atom stereocenters. The first-order chi connectivity index (χ1) is 8.20. The van der Waals surface area contributed by atoms with E-state index in [4.69, 9.17) is 5.73 Å². The fourth-order valence-electron chi connectivity index (χ4n) is 2.12. The van der Waals surface area contributed by atoms with E-state index < -0.39 is 5.82 Å². The molecule has 3 nitrogen and oxygen atoms in total. The number of nitrogens with two attached hydrogens (primary N) is 1. The number of nitrogens with zero attached hydrogens (tertiary/aromatic N) is 2. The van der Waals surface area contributed by atoms with Crippen molar-refractivity contribution in [2.45, 2.75) is 0 Å². The summed E-state index contributed by atoms with van der Waals surface area (Å²) in [4.78, 5) is 4.11. The summed E-state index contributed by atoms with van der Waals surface area (Å²) in [6.07, 6.45) is 0. The van der Waals surface area contributed by atoms with Gasteiger partial charge in [-0.05, 0) is 12.1 Å². The van der Waals surface area contributed by atoms with Gasteiger partial charge in [-0.25, -0.2) is 8.78 Å². The van der Waals surface area contributed by atoms with Crippen molar-refractivity contribution in [3.05, 3.63) is 29.8 Å². The molecule has 1 aromatic carbocycles. The zero-order chi connectivity index (χ0) is 12.3. The second-order valence-electron chi connectivity index (χ2n) is 4.21. The van der Waals surface area contributed by atoms with E-state index in [1.807, 2.05) is 4.90 Å². The van der Waals surface area contributed by atoms with Gasteiger partial charge in [-0.1, -0.05) is 0 Å². The quantitative estimate of drug-likeness (QED) is 0.858. The Morgan fingerprint density at radius 1 is 1.12 bits per heavy atom. The monoisotopic (exact) mass is 241 g/mol. The summed E-state index contributed by atoms with van der Waals surface area (Å²) in [5.74, 6) is -0.760. The van der Waals surface area contributed by atoms with Crippen molar-refractivity contribution in [2.24, 2.45) is 5.73 Å². The smallest absolute Gasteiger partial charge is 0.146 e. The normalized spacial score (nSPS) is 17.5. The average molecular weight is 241 g/mol. The lowest BCUT2D eigenvalue weighted by Gasteiger charge is -2.36. The van der Waals surface area contributed by atoms with E-state index in [0.29, 0.717) is 25.3 Å². The highest BCUT2D eigenvalue weighted by atomic mass is 19.1. The molecule has 1 fully saturated rings. The molecule has 0 aromatic heterocycles. The minimum absolute atomic E-state index is 0.359. The van der Waals surface area contributed by atoms with Gasteiger partial charge >= 0.3 is 0 Å². The van der Waals surface area contributed by atoms with Crippen LogP contribution in [0.15, 0.2) is 18.2 Å². The molecular weight excluding hydrogens is 224 g/mol. The van der Waals surface area contributed by atoms with Crippen molar-refractivity contribution in [3.8, 4) is 0 Å². The Morgan fingerprint density at radius 3 is 2.47 bits per heavy atom. The van der Waals surface area contributed by atoms with E-state index in [1.54, 1.807) is 0 Å². The third-order valence-corrected chi connectivity index (χ3v) is 3.07. The van der Waals surface area contributed by atoms with Gasteiger partial charge in [-0.2, -0.15) is 0 Å². The van der Waals surface area contributed by atoms with Crippen LogP contribution in [0.4, 0.5) is 14.5 Å². The van der Waals surface area contributed by atoms with Crippen molar-refractivity contribution in [1.82, 2.24) is 4.90 Å². The molecule has 1 heterocycles. The van der Waals surface area contributed by atoms with Gasteiger partial charge in [0.05, 0.1) is 5.69 Å². The molecule has 2 rings (SSSR count). The molecule has 17 heavy (non-hydrogen) atoms. The molecule has 94 valence electrons. The molecule has 1 aliphatic rings. The Balaban J connectivity index is 2.02. The fraction of sp³-hybridized carbons (Fsp3) is 0.500. The molecule has 0 saturated carbocycles. The van der Waals surface area contributed by atoms with E-state index in [-0.39, 0.29) is 5.82 Å². The number of anilines is 1. The second-order valence-corrected chi connectivity index (χ2v) is 4.21. The highest BCUT2D eigenvalue weighted by Gasteiger charge is 2.19. The van der Waals surface area contributed by atoms with Gasteiger partial charge in [-0.15, -0.1) is 0 Å². The molecule has 0 amide bonds. The molecule has 0 bridgehead atoms. The number of hydrogen-bond donors (Lipinski definition) is 1. The highest BCUT2D eigenvalue weighted by molar-refractivity contribution is 5.48. The van der Waals surface area contributed by atoms with E-state index >= 15 is 0 Å². The maximum Gasteiger partial charge on any atom is 0.146 e. The zero-order valence-corrected chi connectivity index (χ0v) is 9.70. The largest absolute Gasteiger partial charge is 0.367 e. The third-order valence-electron chi connectivity index (χ3n) is 3.07. The summed E-state index contributed by atoms with van der Waals surface area (Å²) in [5.41, 5.74) is 5.84. The first-order valence-corrected chi connectivity index (χ1v) is 5.83. The summed E-state index contributed by atoms with van der Waals surface area (Å²) in [5, 5.41) is 0. The van der Waals surface area contributed by atoms with Gasteiger partial charge in [0.25, 0.3) is 0 Å². The topological polar surface area (TPSA) is 32.5 Å². The van der Waals surface area contributed by atoms with Gasteiger partial charge in [0, 0.05) is 45.3 Å². The highest BCUT2D eigenvalue weighted by Crippen LogP contribution is 2.21. The van der Waals surface area contributed by atoms with E-state index in [1.165, 1.54) is 12.1 Å². The molecule has 1 saturated heterocycles. The lowest BCUT2D eigenvalue weighted by atomic mass is 10.2. The maximum atomic E-state index is 13.6. The van der Waals surface area contributed by atoms with Crippen molar-refractivity contribution < 1.29 is 8.78 Å². The molecule has 0 atom stereocenters. The standard InChI is InChI=1S/C12H17F2N3/c13-10-1-2-11(14)12(9-10)17-7-5-16(4-3-15)6-8-17/h1-2,9H,3-8,15H2. The second kappa shape index (κ2) is 5.42. The number of piperazine rings is 1. The van der Waals surface area contributed by atoms with Crippen LogP contribution in [0.1, 0.15) is 0 Å². The average Bonchev–Trinajstić information content (AvgIpc) is 2.34. The molecule has 1 aromatic rings. The first-order valence-electron chi connectivity index (χ1n) is 5.83. The molecular formula is C12H17F2N3. The van der Waals surface area contributed by atoms with Crippen LogP contribution in [0.3, 0.4) is 0 Å². The zero-order valence-electron chi connectivity index (χ0n) is 9.70. The summed E-state index contributed by atoms with van der Waals surface area (Å²) < 4.78 is 26.6. The minimum atomic E-state index is -0.397. The number of rotatable bonds is 3. The molecule has 0 spiro atoms. The predicted molar refractivity (Wildman–Crippen MR) is 64.1 cm³/mol. The number of halogens is 2. The van der Waals surface area contributed by atoms with Crippen LogP contribution in [0, 0.1) is 11.6 Å². The van der Waals surface area contributed by atoms with Crippen LogP contribution in [0.25, 0.3) is 0 Å². The van der Waals surface area contributed by atoms with Crippen LogP contribution in [-0.4, -0.2) is 44.2 Å². The van der Waals surface area contributed by atoms with E-state index in [9.17, 15) is 8.78 Å². The number of benzene rings is 1. The van der Waals surface area contributed by atoms with Crippen LogP contribution in [-0.2, 0) is 0 Å². The lowest BCUT2D eigenvalue weighted by Crippen LogP contribution is -2.48. The first kappa shape index (κ1) is 12.3. The lowest BCUT2D eigenvalue weighted by molar-refractivity contribution is 0.264. The van der Waals surface area contributed by atoms with Gasteiger partial charge in [0.15, 0.2) is 0 Å². The van der Waals surface area contributed by atoms with Gasteiger partial charge in [0.1, 0.15) is 11.6 Å². The Hall–Kier alpha value is -1.20. The molecule has 1 aliphatic heterocycles.